The molecular formula is C20H26FN5O. The molecule has 0 bridgehead atoms. The van der Waals surface area contributed by atoms with E-state index in [0.29, 0.717) is 18.7 Å². The Hall–Kier alpha value is -2.54. The van der Waals surface area contributed by atoms with Gasteiger partial charge in [0.05, 0.1) is 0 Å². The van der Waals surface area contributed by atoms with E-state index in [-0.39, 0.29) is 17.6 Å². The van der Waals surface area contributed by atoms with Gasteiger partial charge in [0.25, 0.3) is 5.91 Å². The highest BCUT2D eigenvalue weighted by Gasteiger charge is 2.25. The topological polar surface area (TPSA) is 52.6 Å². The molecule has 1 saturated heterocycles. The van der Waals surface area contributed by atoms with Crippen molar-refractivity contribution in [3.05, 3.63) is 53.7 Å². The maximum atomic E-state index is 13.2. The minimum Gasteiger partial charge on any atom is -0.363 e. The van der Waals surface area contributed by atoms with E-state index in [2.05, 4.69) is 21.9 Å². The van der Waals surface area contributed by atoms with Crippen molar-refractivity contribution in [1.82, 2.24) is 19.8 Å². The molecule has 0 saturated carbocycles. The number of aromatic nitrogens is 2. The summed E-state index contributed by atoms with van der Waals surface area (Å²) in [6.07, 6.45) is 2.37. The number of amides is 1. The first kappa shape index (κ1) is 19.2. The molecule has 0 N–H and O–H groups in total. The third kappa shape index (κ3) is 5.01. The van der Waals surface area contributed by atoms with Gasteiger partial charge < -0.3 is 14.7 Å². The smallest absolute Gasteiger partial charge is 0.253 e. The largest absolute Gasteiger partial charge is 0.363 e. The standard InChI is InChI=1S/C20H26FN5O/c1-24(2)19-11-18(22-14-23-19)10-15-12-25(3)8-9-26(13-15)20(27)16-4-6-17(21)7-5-16/h4-7,11,14-15H,8-10,12-13H2,1-3H3. The Morgan fingerprint density at radius 1 is 1.19 bits per heavy atom. The van der Waals surface area contributed by atoms with Crippen molar-refractivity contribution >= 4 is 11.7 Å². The van der Waals surface area contributed by atoms with Crippen LogP contribution in [0.1, 0.15) is 16.1 Å². The minimum atomic E-state index is -0.333. The van der Waals surface area contributed by atoms with Crippen LogP contribution in [0.25, 0.3) is 0 Å². The summed E-state index contributed by atoms with van der Waals surface area (Å²) in [7, 11) is 5.98. The summed E-state index contributed by atoms with van der Waals surface area (Å²) in [5.74, 6) is 0.764. The minimum absolute atomic E-state index is 0.0491. The molecule has 1 aromatic heterocycles. The quantitative estimate of drug-likeness (QED) is 0.822. The van der Waals surface area contributed by atoms with Crippen LogP contribution in [0.2, 0.25) is 0 Å². The molecule has 0 radical (unpaired) electrons. The van der Waals surface area contributed by atoms with E-state index in [4.69, 9.17) is 0 Å². The Labute approximate surface area is 159 Å². The summed E-state index contributed by atoms with van der Waals surface area (Å²) < 4.78 is 13.2. The summed E-state index contributed by atoms with van der Waals surface area (Å²) in [5.41, 5.74) is 1.50. The first-order chi connectivity index (χ1) is 12.9. The fourth-order valence-electron chi connectivity index (χ4n) is 3.41. The zero-order valence-corrected chi connectivity index (χ0v) is 16.1. The third-order valence-electron chi connectivity index (χ3n) is 4.84. The molecule has 1 fully saturated rings. The van der Waals surface area contributed by atoms with Gasteiger partial charge in [-0.3, -0.25) is 4.79 Å². The van der Waals surface area contributed by atoms with Crippen molar-refractivity contribution in [3.63, 3.8) is 0 Å². The summed E-state index contributed by atoms with van der Waals surface area (Å²) >= 11 is 0. The number of rotatable bonds is 4. The molecule has 1 aliphatic heterocycles. The number of carbonyl (C=O) groups is 1. The maximum absolute atomic E-state index is 13.2. The van der Waals surface area contributed by atoms with Gasteiger partial charge in [0, 0.05) is 57.6 Å². The highest BCUT2D eigenvalue weighted by atomic mass is 19.1. The lowest BCUT2D eigenvalue weighted by Gasteiger charge is -2.24. The molecule has 2 aromatic rings. The van der Waals surface area contributed by atoms with Crippen LogP contribution in [0, 0.1) is 11.7 Å². The van der Waals surface area contributed by atoms with Crippen LogP contribution < -0.4 is 4.90 Å². The second-order valence-corrected chi connectivity index (χ2v) is 7.35. The number of benzene rings is 1. The molecule has 6 nitrogen and oxygen atoms in total. The number of anilines is 1. The van der Waals surface area contributed by atoms with Gasteiger partial charge in [-0.1, -0.05) is 0 Å². The van der Waals surface area contributed by atoms with E-state index in [1.54, 1.807) is 18.5 Å². The van der Waals surface area contributed by atoms with Gasteiger partial charge in [0.1, 0.15) is 18.0 Å². The number of hydrogen-bond donors (Lipinski definition) is 0. The summed E-state index contributed by atoms with van der Waals surface area (Å²) in [4.78, 5) is 27.6. The average Bonchev–Trinajstić information content (AvgIpc) is 2.83. The van der Waals surface area contributed by atoms with E-state index in [1.165, 1.54) is 12.1 Å². The lowest BCUT2D eigenvalue weighted by Crippen LogP contribution is -2.36. The highest BCUT2D eigenvalue weighted by Crippen LogP contribution is 2.18. The molecule has 144 valence electrons. The fourth-order valence-corrected chi connectivity index (χ4v) is 3.41. The summed E-state index contributed by atoms with van der Waals surface area (Å²) in [6.45, 7) is 3.03. The van der Waals surface area contributed by atoms with Gasteiger partial charge >= 0.3 is 0 Å². The Morgan fingerprint density at radius 2 is 1.93 bits per heavy atom. The van der Waals surface area contributed by atoms with Crippen molar-refractivity contribution in [2.75, 3.05) is 52.2 Å². The van der Waals surface area contributed by atoms with Crippen LogP contribution in [0.15, 0.2) is 36.7 Å². The summed E-state index contributed by atoms with van der Waals surface area (Å²) in [5, 5.41) is 0. The number of halogens is 1. The van der Waals surface area contributed by atoms with Crippen LogP contribution in [-0.4, -0.2) is 73.0 Å². The molecule has 1 aromatic carbocycles. The lowest BCUT2D eigenvalue weighted by atomic mass is 10.0. The Bertz CT molecular complexity index is 780. The number of likely N-dealkylation sites (N-methyl/N-ethyl adjacent to an activating group) is 1. The zero-order chi connectivity index (χ0) is 19.4. The summed E-state index contributed by atoms with van der Waals surface area (Å²) in [6, 6.07) is 7.76. The van der Waals surface area contributed by atoms with Gasteiger partial charge in [-0.25, -0.2) is 14.4 Å². The first-order valence-corrected chi connectivity index (χ1v) is 9.14. The van der Waals surface area contributed by atoms with Crippen LogP contribution in [-0.2, 0) is 6.42 Å². The molecule has 0 aliphatic carbocycles. The van der Waals surface area contributed by atoms with Crippen LogP contribution in [0.5, 0.6) is 0 Å². The fraction of sp³-hybridized carbons (Fsp3) is 0.450. The average molecular weight is 371 g/mol. The van der Waals surface area contributed by atoms with E-state index in [1.807, 2.05) is 30.0 Å². The molecule has 0 spiro atoms. The van der Waals surface area contributed by atoms with Crippen LogP contribution >= 0.6 is 0 Å². The first-order valence-electron chi connectivity index (χ1n) is 9.14. The van der Waals surface area contributed by atoms with Crippen molar-refractivity contribution < 1.29 is 9.18 Å². The predicted octanol–water partition coefficient (Wildman–Crippen LogP) is 1.93. The Morgan fingerprint density at radius 3 is 2.63 bits per heavy atom. The molecule has 2 heterocycles. The van der Waals surface area contributed by atoms with Crippen molar-refractivity contribution in [2.45, 2.75) is 6.42 Å². The lowest BCUT2D eigenvalue weighted by molar-refractivity contribution is 0.0746. The van der Waals surface area contributed by atoms with Gasteiger partial charge in [0.15, 0.2) is 0 Å². The Kier molecular flexibility index (Phi) is 6.01. The van der Waals surface area contributed by atoms with Crippen molar-refractivity contribution in [1.29, 1.82) is 0 Å². The number of hydrogen-bond acceptors (Lipinski definition) is 5. The van der Waals surface area contributed by atoms with E-state index in [9.17, 15) is 9.18 Å². The normalized spacial score (nSPS) is 18.2. The molecule has 1 unspecified atom stereocenters. The molecule has 3 rings (SSSR count). The van der Waals surface area contributed by atoms with Crippen LogP contribution in [0.4, 0.5) is 10.2 Å². The monoisotopic (exact) mass is 371 g/mol. The number of nitrogens with zero attached hydrogens (tertiary/aromatic N) is 5. The van der Waals surface area contributed by atoms with Crippen molar-refractivity contribution in [3.8, 4) is 0 Å². The predicted molar refractivity (Wildman–Crippen MR) is 103 cm³/mol. The molecule has 1 amide bonds. The second-order valence-electron chi connectivity index (χ2n) is 7.35. The second kappa shape index (κ2) is 8.43. The van der Waals surface area contributed by atoms with Gasteiger partial charge in [-0.2, -0.15) is 0 Å². The molecule has 1 atom stereocenters. The van der Waals surface area contributed by atoms with Gasteiger partial charge in [-0.15, -0.1) is 0 Å². The molecule has 1 aliphatic rings. The van der Waals surface area contributed by atoms with Gasteiger partial charge in [-0.05, 0) is 43.7 Å². The van der Waals surface area contributed by atoms with E-state index < -0.39 is 0 Å². The molecule has 27 heavy (non-hydrogen) atoms. The molecular weight excluding hydrogens is 345 g/mol. The van der Waals surface area contributed by atoms with E-state index in [0.717, 1.165) is 31.0 Å². The Balaban J connectivity index is 1.74. The van der Waals surface area contributed by atoms with Gasteiger partial charge in [0.2, 0.25) is 0 Å². The molecule has 7 heteroatoms. The third-order valence-corrected chi connectivity index (χ3v) is 4.84. The maximum Gasteiger partial charge on any atom is 0.253 e. The van der Waals surface area contributed by atoms with E-state index >= 15 is 0 Å². The number of carbonyl (C=O) groups excluding carboxylic acids is 1. The van der Waals surface area contributed by atoms with Crippen molar-refractivity contribution in [2.24, 2.45) is 5.92 Å². The highest BCUT2D eigenvalue weighted by molar-refractivity contribution is 5.94. The van der Waals surface area contributed by atoms with Crippen LogP contribution in [0.3, 0.4) is 0 Å². The SMILES string of the molecule is CN1CCN(C(=O)c2ccc(F)cc2)CC(Cc2cc(N(C)C)ncn2)C1. The zero-order valence-electron chi connectivity index (χ0n) is 16.1.